The highest BCUT2D eigenvalue weighted by Gasteiger charge is 2.26. The maximum Gasteiger partial charge on any atom is 0.251 e. The van der Waals surface area contributed by atoms with Gasteiger partial charge in [-0.05, 0) is 39.2 Å². The van der Waals surface area contributed by atoms with Crippen LogP contribution in [0.4, 0.5) is 0 Å². The molecule has 1 saturated heterocycles. The van der Waals surface area contributed by atoms with E-state index >= 15 is 0 Å². The van der Waals surface area contributed by atoms with Gasteiger partial charge in [0.15, 0.2) is 0 Å². The van der Waals surface area contributed by atoms with Gasteiger partial charge in [0.25, 0.3) is 5.56 Å². The van der Waals surface area contributed by atoms with Crippen LogP contribution in [-0.4, -0.2) is 37.5 Å². The minimum atomic E-state index is -0.0686. The van der Waals surface area contributed by atoms with Crippen molar-refractivity contribution >= 4 is 0 Å². The van der Waals surface area contributed by atoms with E-state index < -0.39 is 0 Å². The zero-order valence-corrected chi connectivity index (χ0v) is 14.1. The van der Waals surface area contributed by atoms with Crippen LogP contribution >= 0.6 is 0 Å². The van der Waals surface area contributed by atoms with Gasteiger partial charge in [0, 0.05) is 44.2 Å². The number of hydrogen-bond acceptors (Lipinski definition) is 4. The van der Waals surface area contributed by atoms with Gasteiger partial charge in [-0.1, -0.05) is 0 Å². The van der Waals surface area contributed by atoms with Gasteiger partial charge >= 0.3 is 0 Å². The van der Waals surface area contributed by atoms with Crippen molar-refractivity contribution < 1.29 is 0 Å². The molecule has 0 unspecified atom stereocenters. The van der Waals surface area contributed by atoms with E-state index in [2.05, 4.69) is 31.3 Å². The van der Waals surface area contributed by atoms with E-state index in [1.807, 2.05) is 26.4 Å². The Balaban J connectivity index is 1.70. The Hall–Kier alpha value is -1.95. The lowest BCUT2D eigenvalue weighted by atomic mass is 9.93. The van der Waals surface area contributed by atoms with Crippen molar-refractivity contribution in [1.82, 2.24) is 24.4 Å². The largest absolute Gasteiger partial charge is 0.338 e. The Morgan fingerprint density at radius 3 is 3.00 bits per heavy atom. The van der Waals surface area contributed by atoms with E-state index in [1.54, 1.807) is 0 Å². The lowest BCUT2D eigenvalue weighted by Gasteiger charge is -2.36. The van der Waals surface area contributed by atoms with E-state index in [-0.39, 0.29) is 11.6 Å². The number of imidazole rings is 1. The van der Waals surface area contributed by atoms with Crippen molar-refractivity contribution in [3.63, 3.8) is 0 Å². The molecular formula is C17H25N5O. The summed E-state index contributed by atoms with van der Waals surface area (Å²) in [6.45, 7) is 6.06. The standard InChI is InChI=1S/C17H25N5O/c1-12-9-16(23)20-17(19-12)13(2)22-7-4-5-14(11-22)10-15-18-6-8-21(15)3/h6,8-9,13-14H,4-5,7,10-11H2,1-3H3,(H,19,20,23)/t13-,14+/m1/s1. The number of H-pyrrole nitrogens is 1. The quantitative estimate of drug-likeness (QED) is 0.935. The molecule has 23 heavy (non-hydrogen) atoms. The van der Waals surface area contributed by atoms with Gasteiger partial charge in [-0.2, -0.15) is 0 Å². The molecule has 0 aliphatic carbocycles. The zero-order chi connectivity index (χ0) is 16.4. The van der Waals surface area contributed by atoms with Crippen LogP contribution in [0.5, 0.6) is 0 Å². The number of aromatic amines is 1. The Bertz CT molecular complexity index is 720. The van der Waals surface area contributed by atoms with Crippen molar-refractivity contribution in [2.75, 3.05) is 13.1 Å². The number of nitrogens with zero attached hydrogens (tertiary/aromatic N) is 4. The first kappa shape index (κ1) is 15.9. The second kappa shape index (κ2) is 6.66. The van der Waals surface area contributed by atoms with Crippen LogP contribution in [-0.2, 0) is 13.5 Å². The Labute approximate surface area is 136 Å². The molecule has 0 saturated carbocycles. The highest BCUT2D eigenvalue weighted by Crippen LogP contribution is 2.26. The maximum absolute atomic E-state index is 11.7. The molecule has 1 aliphatic heterocycles. The van der Waals surface area contributed by atoms with E-state index in [1.165, 1.54) is 18.9 Å². The summed E-state index contributed by atoms with van der Waals surface area (Å²) >= 11 is 0. The molecule has 3 rings (SSSR count). The third kappa shape index (κ3) is 3.69. The lowest BCUT2D eigenvalue weighted by Crippen LogP contribution is -2.39. The van der Waals surface area contributed by atoms with E-state index in [0.717, 1.165) is 36.9 Å². The van der Waals surface area contributed by atoms with Crippen molar-refractivity contribution in [1.29, 1.82) is 0 Å². The molecular weight excluding hydrogens is 290 g/mol. The van der Waals surface area contributed by atoms with Crippen LogP contribution in [0.2, 0.25) is 0 Å². The molecule has 1 aliphatic rings. The highest BCUT2D eigenvalue weighted by atomic mass is 16.1. The number of likely N-dealkylation sites (tertiary alicyclic amines) is 1. The van der Waals surface area contributed by atoms with Crippen LogP contribution < -0.4 is 5.56 Å². The summed E-state index contributed by atoms with van der Waals surface area (Å²) in [6.07, 6.45) is 7.27. The van der Waals surface area contributed by atoms with Crippen LogP contribution in [0.15, 0.2) is 23.3 Å². The first-order valence-corrected chi connectivity index (χ1v) is 8.31. The predicted molar refractivity (Wildman–Crippen MR) is 89.2 cm³/mol. The molecule has 6 heteroatoms. The van der Waals surface area contributed by atoms with Gasteiger partial charge in [-0.3, -0.25) is 9.69 Å². The molecule has 0 amide bonds. The maximum atomic E-state index is 11.7. The number of aryl methyl sites for hydroxylation is 2. The average molecular weight is 315 g/mol. The molecule has 3 heterocycles. The fourth-order valence-corrected chi connectivity index (χ4v) is 3.44. The molecule has 124 valence electrons. The summed E-state index contributed by atoms with van der Waals surface area (Å²) < 4.78 is 2.10. The predicted octanol–water partition coefficient (Wildman–Crippen LogP) is 1.83. The Morgan fingerprint density at radius 1 is 1.48 bits per heavy atom. The summed E-state index contributed by atoms with van der Waals surface area (Å²) in [4.78, 5) is 26.0. The second-order valence-corrected chi connectivity index (χ2v) is 6.61. The normalized spacial score (nSPS) is 20.6. The van der Waals surface area contributed by atoms with E-state index in [9.17, 15) is 4.79 Å². The fraction of sp³-hybridized carbons (Fsp3) is 0.588. The number of piperidine rings is 1. The third-order valence-electron chi connectivity index (χ3n) is 4.77. The zero-order valence-electron chi connectivity index (χ0n) is 14.1. The first-order valence-electron chi connectivity index (χ1n) is 8.31. The van der Waals surface area contributed by atoms with Gasteiger partial charge < -0.3 is 9.55 Å². The summed E-state index contributed by atoms with van der Waals surface area (Å²) in [5, 5.41) is 0. The Morgan fingerprint density at radius 2 is 2.30 bits per heavy atom. The summed E-state index contributed by atoms with van der Waals surface area (Å²) in [6, 6.07) is 1.67. The van der Waals surface area contributed by atoms with Crippen molar-refractivity contribution in [3.8, 4) is 0 Å². The van der Waals surface area contributed by atoms with Gasteiger partial charge in [-0.25, -0.2) is 9.97 Å². The van der Waals surface area contributed by atoms with Gasteiger partial charge in [-0.15, -0.1) is 0 Å². The molecule has 2 aromatic rings. The lowest BCUT2D eigenvalue weighted by molar-refractivity contribution is 0.125. The smallest absolute Gasteiger partial charge is 0.251 e. The Kier molecular flexibility index (Phi) is 4.61. The average Bonchev–Trinajstić information content (AvgIpc) is 2.91. The molecule has 6 nitrogen and oxygen atoms in total. The number of nitrogens with one attached hydrogen (secondary N) is 1. The van der Waals surface area contributed by atoms with Gasteiger partial charge in [0.05, 0.1) is 6.04 Å². The minimum absolute atomic E-state index is 0.0686. The SMILES string of the molecule is Cc1cc(=O)[nH]c([C@@H](C)N2CCC[C@@H](Cc3nccn3C)C2)n1. The topological polar surface area (TPSA) is 66.8 Å². The third-order valence-corrected chi connectivity index (χ3v) is 4.77. The van der Waals surface area contributed by atoms with E-state index in [4.69, 9.17) is 0 Å². The molecule has 0 radical (unpaired) electrons. The summed E-state index contributed by atoms with van der Waals surface area (Å²) in [5.74, 6) is 2.52. The van der Waals surface area contributed by atoms with Crippen molar-refractivity contribution in [2.24, 2.45) is 13.0 Å². The second-order valence-electron chi connectivity index (χ2n) is 6.61. The van der Waals surface area contributed by atoms with Crippen LogP contribution in [0.1, 0.15) is 43.1 Å². The summed E-state index contributed by atoms with van der Waals surface area (Å²) in [7, 11) is 2.05. The number of aromatic nitrogens is 4. The van der Waals surface area contributed by atoms with E-state index in [0.29, 0.717) is 5.92 Å². The van der Waals surface area contributed by atoms with Gasteiger partial charge in [0.2, 0.25) is 0 Å². The van der Waals surface area contributed by atoms with Crippen LogP contribution in [0.3, 0.4) is 0 Å². The molecule has 0 aromatic carbocycles. The molecule has 2 atom stereocenters. The minimum Gasteiger partial charge on any atom is -0.338 e. The fourth-order valence-electron chi connectivity index (χ4n) is 3.44. The molecule has 2 aromatic heterocycles. The number of hydrogen-bond donors (Lipinski definition) is 1. The monoisotopic (exact) mass is 315 g/mol. The van der Waals surface area contributed by atoms with Crippen molar-refractivity contribution in [3.05, 3.63) is 46.2 Å². The van der Waals surface area contributed by atoms with Crippen LogP contribution in [0, 0.1) is 12.8 Å². The molecule has 1 N–H and O–H groups in total. The van der Waals surface area contributed by atoms with Gasteiger partial charge in [0.1, 0.15) is 11.6 Å². The van der Waals surface area contributed by atoms with Crippen molar-refractivity contribution in [2.45, 2.75) is 39.2 Å². The first-order chi connectivity index (χ1) is 11.0. The molecule has 1 fully saturated rings. The summed E-state index contributed by atoms with van der Waals surface area (Å²) in [5.41, 5.74) is 0.707. The number of rotatable bonds is 4. The van der Waals surface area contributed by atoms with Crippen LogP contribution in [0.25, 0.3) is 0 Å². The highest BCUT2D eigenvalue weighted by molar-refractivity contribution is 5.04. The molecule has 0 spiro atoms. The molecule has 0 bridgehead atoms.